The Bertz CT molecular complexity index is 1510. The number of aromatic nitrogens is 1. The first-order valence-corrected chi connectivity index (χ1v) is 12.0. The summed E-state index contributed by atoms with van der Waals surface area (Å²) in [6.45, 7) is 0. The van der Waals surface area contributed by atoms with Crippen LogP contribution in [-0.4, -0.2) is 31.8 Å². The van der Waals surface area contributed by atoms with E-state index in [0.29, 0.717) is 16.3 Å². The molecule has 0 atom stereocenters. The van der Waals surface area contributed by atoms with E-state index >= 15 is 0 Å². The summed E-state index contributed by atoms with van der Waals surface area (Å²) in [7, 11) is -0.732. The van der Waals surface area contributed by atoms with Crippen molar-refractivity contribution in [2.24, 2.45) is 7.05 Å². The van der Waals surface area contributed by atoms with Crippen LogP contribution in [0.15, 0.2) is 83.9 Å². The van der Waals surface area contributed by atoms with E-state index in [0.717, 1.165) is 15.2 Å². The Balaban J connectivity index is 1.51. The van der Waals surface area contributed by atoms with E-state index < -0.39 is 21.8 Å². The van der Waals surface area contributed by atoms with Gasteiger partial charge in [-0.15, -0.1) is 0 Å². The van der Waals surface area contributed by atoms with Gasteiger partial charge in [-0.1, -0.05) is 41.9 Å². The first kappa shape index (κ1) is 23.3. The summed E-state index contributed by atoms with van der Waals surface area (Å²) < 4.78 is 29.0. The number of hydrazine groups is 1. The molecule has 0 spiro atoms. The minimum atomic E-state index is -3.96. The van der Waals surface area contributed by atoms with Gasteiger partial charge in [0.15, 0.2) is 0 Å². The molecule has 4 rings (SSSR count). The molecule has 3 aromatic carbocycles. The molecular weight excluding hydrogens is 476 g/mol. The van der Waals surface area contributed by atoms with E-state index in [9.17, 15) is 18.0 Å². The third-order valence-electron chi connectivity index (χ3n) is 5.36. The smallest absolute Gasteiger partial charge is 0.271 e. The Hall–Kier alpha value is -3.82. The van der Waals surface area contributed by atoms with Gasteiger partial charge in [0.2, 0.25) is 0 Å². The second-order valence-electron chi connectivity index (χ2n) is 7.56. The number of nitrogens with zero attached hydrogens (tertiary/aromatic N) is 2. The normalized spacial score (nSPS) is 11.3. The minimum absolute atomic E-state index is 0.0683. The lowest BCUT2D eigenvalue weighted by molar-refractivity contribution is 0.0847. The summed E-state index contributed by atoms with van der Waals surface area (Å²) in [4.78, 5) is 25.2. The van der Waals surface area contributed by atoms with Gasteiger partial charge in [0.1, 0.15) is 0 Å². The van der Waals surface area contributed by atoms with E-state index in [2.05, 4.69) is 10.9 Å². The number of hydrogen-bond donors (Lipinski definition) is 2. The summed E-state index contributed by atoms with van der Waals surface area (Å²) in [6, 6.07) is 19.4. The van der Waals surface area contributed by atoms with Crippen LogP contribution >= 0.6 is 11.6 Å². The van der Waals surface area contributed by atoms with E-state index in [-0.39, 0.29) is 10.5 Å². The second-order valence-corrected chi connectivity index (χ2v) is 9.97. The van der Waals surface area contributed by atoms with E-state index in [1.165, 1.54) is 37.4 Å². The van der Waals surface area contributed by atoms with Gasteiger partial charge in [-0.3, -0.25) is 24.7 Å². The lowest BCUT2D eigenvalue weighted by Crippen LogP contribution is -2.41. The van der Waals surface area contributed by atoms with Crippen LogP contribution in [0, 0.1) is 0 Å². The van der Waals surface area contributed by atoms with Crippen molar-refractivity contribution in [2.45, 2.75) is 4.90 Å². The van der Waals surface area contributed by atoms with Crippen molar-refractivity contribution in [3.05, 3.63) is 95.1 Å². The zero-order chi connectivity index (χ0) is 24.5. The molecule has 2 amide bonds. The van der Waals surface area contributed by atoms with Crippen molar-refractivity contribution in [2.75, 3.05) is 11.4 Å². The van der Waals surface area contributed by atoms with Crippen molar-refractivity contribution in [3.8, 4) is 0 Å². The molecule has 0 aliphatic heterocycles. The first-order valence-electron chi connectivity index (χ1n) is 10.2. The summed E-state index contributed by atoms with van der Waals surface area (Å²) in [5.41, 5.74) is 6.46. The number of amides is 2. The molecule has 0 bridgehead atoms. The van der Waals surface area contributed by atoms with Crippen LogP contribution in [0.1, 0.15) is 20.7 Å². The number of aryl methyl sites for hydroxylation is 1. The summed E-state index contributed by atoms with van der Waals surface area (Å²) in [6.07, 6.45) is 1.67. The molecule has 0 saturated heterocycles. The summed E-state index contributed by atoms with van der Waals surface area (Å²) >= 11 is 5.98. The van der Waals surface area contributed by atoms with Crippen LogP contribution in [0.4, 0.5) is 5.69 Å². The number of hydrogen-bond acceptors (Lipinski definition) is 4. The molecule has 8 nitrogen and oxygen atoms in total. The Morgan fingerprint density at radius 1 is 0.912 bits per heavy atom. The highest BCUT2D eigenvalue weighted by Crippen LogP contribution is 2.25. The first-order chi connectivity index (χ1) is 16.2. The summed E-state index contributed by atoms with van der Waals surface area (Å²) in [5.74, 6) is -1.15. The number of anilines is 1. The molecule has 0 saturated carbocycles. The van der Waals surface area contributed by atoms with E-state index in [1.807, 2.05) is 35.9 Å². The number of nitrogens with one attached hydrogen (secondary N) is 2. The molecule has 0 radical (unpaired) electrons. The van der Waals surface area contributed by atoms with Gasteiger partial charge in [-0.25, -0.2) is 8.42 Å². The molecule has 0 aliphatic carbocycles. The van der Waals surface area contributed by atoms with Crippen LogP contribution in [0.2, 0.25) is 5.02 Å². The summed E-state index contributed by atoms with van der Waals surface area (Å²) in [5, 5.41) is 1.14. The van der Waals surface area contributed by atoms with Crippen molar-refractivity contribution >= 4 is 50.0 Å². The zero-order valence-corrected chi connectivity index (χ0v) is 19.9. The largest absolute Gasteiger partial charge is 0.350 e. The van der Waals surface area contributed by atoms with Gasteiger partial charge >= 0.3 is 0 Å². The van der Waals surface area contributed by atoms with Crippen molar-refractivity contribution in [3.63, 3.8) is 0 Å². The predicted molar refractivity (Wildman–Crippen MR) is 131 cm³/mol. The second kappa shape index (κ2) is 9.20. The molecule has 0 aliphatic rings. The molecule has 1 heterocycles. The van der Waals surface area contributed by atoms with Crippen LogP contribution in [-0.2, 0) is 17.1 Å². The fourth-order valence-electron chi connectivity index (χ4n) is 3.54. The molecule has 0 unspecified atom stereocenters. The van der Waals surface area contributed by atoms with Crippen LogP contribution in [0.5, 0.6) is 0 Å². The number of carbonyl (C=O) groups excluding carboxylic acids is 2. The number of benzene rings is 3. The highest BCUT2D eigenvalue weighted by molar-refractivity contribution is 7.92. The number of carbonyl (C=O) groups is 2. The monoisotopic (exact) mass is 496 g/mol. The maximum Gasteiger partial charge on any atom is 0.271 e. The number of sulfonamides is 1. The lowest BCUT2D eigenvalue weighted by atomic mass is 10.2. The lowest BCUT2D eigenvalue weighted by Gasteiger charge is -2.20. The van der Waals surface area contributed by atoms with Gasteiger partial charge in [0, 0.05) is 41.8 Å². The fraction of sp³-hybridized carbons (Fsp3) is 0.0833. The highest BCUT2D eigenvalue weighted by Gasteiger charge is 2.23. The maximum absolute atomic E-state index is 13.1. The Morgan fingerprint density at radius 2 is 1.62 bits per heavy atom. The van der Waals surface area contributed by atoms with Crippen molar-refractivity contribution in [1.29, 1.82) is 0 Å². The standard InChI is InChI=1S/C24H21ClN4O4S/c1-28-15-21(20-11-3-4-12-22(20)28)24(31)27-26-23(30)16-7-5-10-19(13-16)34(32,33)29(2)18-9-6-8-17(25)14-18/h3-15H,1-2H3,(H,26,30)(H,27,31). The van der Waals surface area contributed by atoms with Gasteiger partial charge < -0.3 is 4.57 Å². The Labute approximate surface area is 201 Å². The van der Waals surface area contributed by atoms with Crippen LogP contribution < -0.4 is 15.2 Å². The van der Waals surface area contributed by atoms with E-state index in [4.69, 9.17) is 11.6 Å². The molecule has 0 fully saturated rings. The fourth-order valence-corrected chi connectivity index (χ4v) is 4.96. The van der Waals surface area contributed by atoms with Crippen LogP contribution in [0.3, 0.4) is 0 Å². The molecule has 174 valence electrons. The maximum atomic E-state index is 13.1. The molecule has 4 aromatic rings. The number of para-hydroxylation sites is 1. The van der Waals surface area contributed by atoms with Crippen molar-refractivity contribution in [1.82, 2.24) is 15.4 Å². The average Bonchev–Trinajstić information content (AvgIpc) is 3.18. The Kier molecular flexibility index (Phi) is 6.32. The molecule has 10 heteroatoms. The predicted octanol–water partition coefficient (Wildman–Crippen LogP) is 3.73. The number of rotatable bonds is 5. The topological polar surface area (TPSA) is 101 Å². The van der Waals surface area contributed by atoms with Gasteiger partial charge in [-0.05, 0) is 42.5 Å². The molecule has 1 aromatic heterocycles. The highest BCUT2D eigenvalue weighted by atomic mass is 35.5. The molecule has 34 heavy (non-hydrogen) atoms. The Morgan fingerprint density at radius 3 is 2.38 bits per heavy atom. The quantitative estimate of drug-likeness (QED) is 0.411. The zero-order valence-electron chi connectivity index (χ0n) is 18.3. The minimum Gasteiger partial charge on any atom is -0.350 e. The average molecular weight is 497 g/mol. The van der Waals surface area contributed by atoms with Gasteiger partial charge in [-0.2, -0.15) is 0 Å². The van der Waals surface area contributed by atoms with Gasteiger partial charge in [0.25, 0.3) is 21.8 Å². The SMILES string of the molecule is CN(c1cccc(Cl)c1)S(=O)(=O)c1cccc(C(=O)NNC(=O)c2cn(C)c3ccccc23)c1. The molecule has 2 N–H and O–H groups in total. The third kappa shape index (κ3) is 4.48. The van der Waals surface area contributed by atoms with Crippen molar-refractivity contribution < 1.29 is 18.0 Å². The van der Waals surface area contributed by atoms with Crippen LogP contribution in [0.25, 0.3) is 10.9 Å². The van der Waals surface area contributed by atoms with Gasteiger partial charge in [0.05, 0.1) is 16.1 Å². The third-order valence-corrected chi connectivity index (χ3v) is 7.37. The van der Waals surface area contributed by atoms with E-state index in [1.54, 1.807) is 24.4 Å². The number of fused-ring (bicyclic) bond motifs is 1. The number of halogens is 1. The molecular formula is C24H21ClN4O4S.